The van der Waals surface area contributed by atoms with Gasteiger partial charge in [-0.15, -0.1) is 0 Å². The highest BCUT2D eigenvalue weighted by atomic mass is 19.1. The molecule has 0 nitrogen and oxygen atoms in total. The average Bonchev–Trinajstić information content (AvgIpc) is 2.54. The maximum Gasteiger partial charge on any atom is 0.100 e. The van der Waals surface area contributed by atoms with Gasteiger partial charge in [0, 0.05) is 0 Å². The third kappa shape index (κ3) is 8.96. The molecule has 0 aromatic rings. The highest BCUT2D eigenvalue weighted by molar-refractivity contribution is 4.92. The number of halogens is 1. The fraction of sp³-hybridized carbons (Fsp3) is 0.905. The molecule has 1 aliphatic carbocycles. The quantitative estimate of drug-likeness (QED) is 0.458. The Hall–Kier alpha value is -0.330. The zero-order valence-electron chi connectivity index (χ0n) is 15.2. The molecule has 0 radical (unpaired) electrons. The number of allylic oxidation sites excluding steroid dienone is 1. The van der Waals surface area contributed by atoms with Crippen molar-refractivity contribution in [1.29, 1.82) is 0 Å². The van der Waals surface area contributed by atoms with Crippen molar-refractivity contribution in [2.24, 2.45) is 11.8 Å². The molecule has 1 heteroatoms. The first-order valence-corrected chi connectivity index (χ1v) is 9.94. The second kappa shape index (κ2) is 12.1. The molecular weight excluding hydrogens is 271 g/mol. The van der Waals surface area contributed by atoms with Gasteiger partial charge in [-0.1, -0.05) is 83.8 Å². The van der Waals surface area contributed by atoms with Gasteiger partial charge >= 0.3 is 0 Å². The lowest BCUT2D eigenvalue weighted by Gasteiger charge is -2.24. The molecule has 3 unspecified atom stereocenters. The van der Waals surface area contributed by atoms with Gasteiger partial charge in [0.15, 0.2) is 0 Å². The Morgan fingerprint density at radius 3 is 2.00 bits per heavy atom. The average molecular weight is 311 g/mol. The van der Waals surface area contributed by atoms with Crippen LogP contribution >= 0.6 is 0 Å². The molecule has 0 aromatic heterocycles. The highest BCUT2D eigenvalue weighted by Crippen LogP contribution is 2.30. The van der Waals surface area contributed by atoms with Crippen LogP contribution in [-0.2, 0) is 0 Å². The lowest BCUT2D eigenvalue weighted by atomic mass is 9.81. The molecule has 1 saturated carbocycles. The van der Waals surface area contributed by atoms with E-state index in [0.29, 0.717) is 0 Å². The van der Waals surface area contributed by atoms with Gasteiger partial charge in [-0.2, -0.15) is 0 Å². The largest absolute Gasteiger partial charge is 0.247 e. The third-order valence-electron chi connectivity index (χ3n) is 5.69. The number of hydrogen-bond acceptors (Lipinski definition) is 0. The summed E-state index contributed by atoms with van der Waals surface area (Å²) in [7, 11) is 0. The first-order chi connectivity index (χ1) is 10.6. The fourth-order valence-corrected chi connectivity index (χ4v) is 3.78. The number of alkyl halides is 1. The highest BCUT2D eigenvalue weighted by Gasteiger charge is 2.17. The Morgan fingerprint density at radius 1 is 0.955 bits per heavy atom. The van der Waals surface area contributed by atoms with Crippen molar-refractivity contribution in [3.05, 3.63) is 12.2 Å². The van der Waals surface area contributed by atoms with Gasteiger partial charge in [-0.3, -0.25) is 0 Å². The van der Waals surface area contributed by atoms with Gasteiger partial charge in [0.1, 0.15) is 6.17 Å². The first-order valence-electron chi connectivity index (χ1n) is 9.94. The van der Waals surface area contributed by atoms with E-state index in [1.54, 1.807) is 0 Å². The minimum atomic E-state index is -0.532. The summed E-state index contributed by atoms with van der Waals surface area (Å²) >= 11 is 0. The zero-order valence-corrected chi connectivity index (χ0v) is 15.2. The minimum Gasteiger partial charge on any atom is -0.247 e. The van der Waals surface area contributed by atoms with Crippen LogP contribution in [-0.4, -0.2) is 6.17 Å². The molecule has 0 N–H and O–H groups in total. The Labute approximate surface area is 139 Å². The van der Waals surface area contributed by atoms with E-state index in [1.165, 1.54) is 63.4 Å². The fourth-order valence-electron chi connectivity index (χ4n) is 3.78. The molecule has 0 heterocycles. The van der Waals surface area contributed by atoms with E-state index in [1.807, 2.05) is 0 Å². The monoisotopic (exact) mass is 310 g/mol. The van der Waals surface area contributed by atoms with E-state index >= 15 is 0 Å². The van der Waals surface area contributed by atoms with E-state index < -0.39 is 6.17 Å². The molecule has 0 amide bonds. The molecule has 3 atom stereocenters. The standard InChI is InChI=1S/C21H39F/c1-4-18(2)16-17-19(3)20-12-8-5-6-10-14-21(22)15-11-7-9-13-20/h19-21H,2,4-17H2,1,3H3. The third-order valence-corrected chi connectivity index (χ3v) is 5.69. The van der Waals surface area contributed by atoms with E-state index in [-0.39, 0.29) is 0 Å². The van der Waals surface area contributed by atoms with Crippen molar-refractivity contribution in [1.82, 2.24) is 0 Å². The van der Waals surface area contributed by atoms with Crippen LogP contribution in [0.15, 0.2) is 12.2 Å². The molecule has 1 fully saturated rings. The summed E-state index contributed by atoms with van der Waals surface area (Å²) in [6, 6.07) is 0. The second-order valence-corrected chi connectivity index (χ2v) is 7.61. The summed E-state index contributed by atoms with van der Waals surface area (Å²) in [5.41, 5.74) is 1.41. The molecule has 0 aromatic carbocycles. The predicted molar refractivity (Wildman–Crippen MR) is 97.0 cm³/mol. The molecule has 1 aliphatic rings. The maximum atomic E-state index is 13.7. The summed E-state index contributed by atoms with van der Waals surface area (Å²) in [6.07, 6.45) is 16.1. The van der Waals surface area contributed by atoms with Crippen molar-refractivity contribution in [2.45, 2.75) is 110 Å². The van der Waals surface area contributed by atoms with Gasteiger partial charge in [0.25, 0.3) is 0 Å². The van der Waals surface area contributed by atoms with E-state index in [2.05, 4.69) is 20.4 Å². The van der Waals surface area contributed by atoms with Crippen LogP contribution in [0.2, 0.25) is 0 Å². The molecule has 0 aliphatic heterocycles. The maximum absolute atomic E-state index is 13.7. The molecular formula is C21H39F. The minimum absolute atomic E-state index is 0.532. The van der Waals surface area contributed by atoms with Gasteiger partial charge in [0.2, 0.25) is 0 Å². The molecule has 1 rings (SSSR count). The van der Waals surface area contributed by atoms with Crippen molar-refractivity contribution in [3.8, 4) is 0 Å². The Morgan fingerprint density at radius 2 is 1.45 bits per heavy atom. The van der Waals surface area contributed by atoms with Gasteiger partial charge < -0.3 is 0 Å². The van der Waals surface area contributed by atoms with Gasteiger partial charge in [-0.05, 0) is 43.9 Å². The molecule has 0 saturated heterocycles. The number of hydrogen-bond donors (Lipinski definition) is 0. The van der Waals surface area contributed by atoms with Crippen LogP contribution in [0.5, 0.6) is 0 Å². The Balaban J connectivity index is 2.39. The lowest BCUT2D eigenvalue weighted by molar-refractivity contribution is 0.275. The molecule has 130 valence electrons. The van der Waals surface area contributed by atoms with Crippen LogP contribution in [0.25, 0.3) is 0 Å². The van der Waals surface area contributed by atoms with Crippen molar-refractivity contribution in [2.75, 3.05) is 0 Å². The summed E-state index contributed by atoms with van der Waals surface area (Å²) < 4.78 is 13.7. The van der Waals surface area contributed by atoms with Crippen molar-refractivity contribution >= 4 is 0 Å². The smallest absolute Gasteiger partial charge is 0.100 e. The van der Waals surface area contributed by atoms with E-state index in [4.69, 9.17) is 0 Å². The van der Waals surface area contributed by atoms with Crippen molar-refractivity contribution in [3.63, 3.8) is 0 Å². The SMILES string of the molecule is C=C(CC)CCC(C)C1CCCCCCC(F)CCCCC1. The summed E-state index contributed by atoms with van der Waals surface area (Å²) in [6.45, 7) is 8.82. The Bertz CT molecular complexity index is 284. The molecule has 0 bridgehead atoms. The van der Waals surface area contributed by atoms with Crippen LogP contribution in [0, 0.1) is 11.8 Å². The lowest BCUT2D eigenvalue weighted by Crippen LogP contribution is -2.12. The van der Waals surface area contributed by atoms with Crippen LogP contribution < -0.4 is 0 Å². The predicted octanol–water partition coefficient (Wildman–Crippen LogP) is 7.63. The second-order valence-electron chi connectivity index (χ2n) is 7.61. The van der Waals surface area contributed by atoms with Gasteiger partial charge in [0.05, 0.1) is 0 Å². The molecule has 22 heavy (non-hydrogen) atoms. The van der Waals surface area contributed by atoms with Crippen LogP contribution in [0.4, 0.5) is 4.39 Å². The Kier molecular flexibility index (Phi) is 10.9. The summed E-state index contributed by atoms with van der Waals surface area (Å²) in [4.78, 5) is 0. The van der Waals surface area contributed by atoms with Crippen LogP contribution in [0.3, 0.4) is 0 Å². The zero-order chi connectivity index (χ0) is 16.2. The van der Waals surface area contributed by atoms with E-state index in [9.17, 15) is 4.39 Å². The summed E-state index contributed by atoms with van der Waals surface area (Å²) in [5.74, 6) is 1.70. The number of rotatable bonds is 5. The van der Waals surface area contributed by atoms with Gasteiger partial charge in [-0.25, -0.2) is 4.39 Å². The van der Waals surface area contributed by atoms with Crippen molar-refractivity contribution < 1.29 is 4.39 Å². The normalized spacial score (nSPS) is 27.2. The summed E-state index contributed by atoms with van der Waals surface area (Å²) in [5, 5.41) is 0. The molecule has 0 spiro atoms. The topological polar surface area (TPSA) is 0 Å². The first kappa shape index (κ1) is 19.7. The van der Waals surface area contributed by atoms with E-state index in [0.717, 1.165) is 43.9 Å². The van der Waals surface area contributed by atoms with Crippen LogP contribution in [0.1, 0.15) is 104 Å².